The van der Waals surface area contributed by atoms with E-state index in [2.05, 4.69) is 31.0 Å². The monoisotopic (exact) mass is 431 g/mol. The van der Waals surface area contributed by atoms with E-state index in [9.17, 15) is 13.2 Å². The zero-order valence-electron chi connectivity index (χ0n) is 18.6. The number of rotatable bonds is 9. The molecule has 0 fully saturated rings. The van der Waals surface area contributed by atoms with Gasteiger partial charge in [0.2, 0.25) is 15.9 Å². The van der Waals surface area contributed by atoms with Crippen molar-refractivity contribution in [2.24, 2.45) is 0 Å². The first kappa shape index (κ1) is 23.7. The van der Waals surface area contributed by atoms with Gasteiger partial charge in [-0.1, -0.05) is 51.1 Å². The van der Waals surface area contributed by atoms with E-state index in [0.717, 1.165) is 34.8 Å². The maximum Gasteiger partial charge on any atom is 0.240 e. The molecule has 0 spiro atoms. The number of carbonyl (C=O) groups is 1. The molecule has 0 saturated heterocycles. The van der Waals surface area contributed by atoms with Crippen molar-refractivity contribution >= 4 is 27.3 Å². The van der Waals surface area contributed by atoms with Crippen LogP contribution in [0.15, 0.2) is 54.6 Å². The molecule has 1 amide bonds. The van der Waals surface area contributed by atoms with Crippen LogP contribution in [0.2, 0.25) is 0 Å². The molecule has 30 heavy (non-hydrogen) atoms. The van der Waals surface area contributed by atoms with Gasteiger partial charge in [-0.3, -0.25) is 9.10 Å². The Kier molecular flexibility index (Phi) is 7.89. The van der Waals surface area contributed by atoms with Crippen molar-refractivity contribution in [2.45, 2.75) is 32.6 Å². The predicted octanol–water partition coefficient (Wildman–Crippen LogP) is 3.39. The minimum atomic E-state index is -3.58. The summed E-state index contributed by atoms with van der Waals surface area (Å²) in [7, 11) is -1.57. The Balaban J connectivity index is 1.91. The first-order chi connectivity index (χ1) is 14.0. The summed E-state index contributed by atoms with van der Waals surface area (Å²) in [5, 5.41) is 2.83. The number of nitrogens with zero attached hydrogens (tertiary/aromatic N) is 2. The number of carbonyl (C=O) groups excluding carboxylic acids is 1. The molecule has 0 heterocycles. The summed E-state index contributed by atoms with van der Waals surface area (Å²) in [6.45, 7) is 7.32. The maximum atomic E-state index is 12.4. The highest BCUT2D eigenvalue weighted by Crippen LogP contribution is 2.25. The number of para-hydroxylation sites is 1. The molecule has 0 aliphatic carbocycles. The molecular weight excluding hydrogens is 398 g/mol. The number of benzene rings is 2. The lowest BCUT2D eigenvalue weighted by Crippen LogP contribution is -2.41. The third kappa shape index (κ3) is 7.06. The Bertz CT molecular complexity index is 920. The highest BCUT2D eigenvalue weighted by molar-refractivity contribution is 7.92. The molecule has 7 heteroatoms. The summed E-state index contributed by atoms with van der Waals surface area (Å²) in [6.07, 6.45) is 1.88. The number of nitrogens with one attached hydrogen (secondary N) is 1. The van der Waals surface area contributed by atoms with Gasteiger partial charge in [-0.05, 0) is 41.7 Å². The molecule has 2 aromatic carbocycles. The summed E-state index contributed by atoms with van der Waals surface area (Å²) in [4.78, 5) is 14.5. The molecular formula is C23H33N3O3S. The van der Waals surface area contributed by atoms with Gasteiger partial charge in [0.15, 0.2) is 0 Å². The minimum absolute atomic E-state index is 0.0290. The van der Waals surface area contributed by atoms with E-state index < -0.39 is 10.0 Å². The Morgan fingerprint density at radius 2 is 1.57 bits per heavy atom. The zero-order chi connectivity index (χ0) is 22.4. The number of hydrogen-bond acceptors (Lipinski definition) is 4. The van der Waals surface area contributed by atoms with Crippen LogP contribution in [-0.2, 0) is 20.2 Å². The number of sulfonamides is 1. The van der Waals surface area contributed by atoms with Crippen molar-refractivity contribution in [1.29, 1.82) is 0 Å². The van der Waals surface area contributed by atoms with E-state index in [4.69, 9.17) is 0 Å². The van der Waals surface area contributed by atoms with E-state index in [-0.39, 0.29) is 17.9 Å². The fourth-order valence-electron chi connectivity index (χ4n) is 3.07. The van der Waals surface area contributed by atoms with Crippen LogP contribution in [0.3, 0.4) is 0 Å². The molecule has 0 saturated carbocycles. The van der Waals surface area contributed by atoms with Crippen LogP contribution in [-0.4, -0.2) is 47.3 Å². The molecule has 6 nitrogen and oxygen atoms in total. The van der Waals surface area contributed by atoms with E-state index in [0.29, 0.717) is 12.2 Å². The van der Waals surface area contributed by atoms with Gasteiger partial charge in [0.05, 0.1) is 11.9 Å². The lowest BCUT2D eigenvalue weighted by atomic mass is 9.87. The van der Waals surface area contributed by atoms with Gasteiger partial charge in [-0.2, -0.15) is 0 Å². The zero-order valence-corrected chi connectivity index (χ0v) is 19.4. The molecule has 2 aromatic rings. The highest BCUT2D eigenvalue weighted by Gasteiger charge is 2.21. The molecule has 0 aliphatic rings. The van der Waals surface area contributed by atoms with Crippen LogP contribution in [0, 0.1) is 0 Å². The summed E-state index contributed by atoms with van der Waals surface area (Å²) in [5.41, 5.74) is 2.68. The van der Waals surface area contributed by atoms with E-state index in [1.165, 1.54) is 0 Å². The molecule has 0 aliphatic heterocycles. The second-order valence-electron chi connectivity index (χ2n) is 8.53. The van der Waals surface area contributed by atoms with Crippen molar-refractivity contribution in [1.82, 2.24) is 5.32 Å². The standard InChI is InChI=1S/C23H33N3O3S/c1-23(2,3)19-12-14-21(15-13-19)26(30(5,28)29)18-22(27)24-16-9-17-25(4)20-10-7-6-8-11-20/h6-8,10-15H,9,16-18H2,1-5H3,(H,24,27). The molecule has 0 unspecified atom stereocenters. The lowest BCUT2D eigenvalue weighted by Gasteiger charge is -2.24. The van der Waals surface area contributed by atoms with Gasteiger partial charge in [-0.15, -0.1) is 0 Å². The smallest absolute Gasteiger partial charge is 0.240 e. The summed E-state index contributed by atoms with van der Waals surface area (Å²) in [5.74, 6) is -0.317. The summed E-state index contributed by atoms with van der Waals surface area (Å²) >= 11 is 0. The highest BCUT2D eigenvalue weighted by atomic mass is 32.2. The Hall–Kier alpha value is -2.54. The van der Waals surface area contributed by atoms with Gasteiger partial charge >= 0.3 is 0 Å². The van der Waals surface area contributed by atoms with Crippen molar-refractivity contribution < 1.29 is 13.2 Å². The largest absolute Gasteiger partial charge is 0.375 e. The second-order valence-corrected chi connectivity index (χ2v) is 10.4. The molecule has 0 bridgehead atoms. The normalized spacial score (nSPS) is 11.8. The van der Waals surface area contributed by atoms with Crippen molar-refractivity contribution in [3.63, 3.8) is 0 Å². The molecule has 2 rings (SSSR count). The summed E-state index contributed by atoms with van der Waals surface area (Å²) < 4.78 is 25.7. The topological polar surface area (TPSA) is 69.7 Å². The lowest BCUT2D eigenvalue weighted by molar-refractivity contribution is -0.119. The number of amides is 1. The van der Waals surface area contributed by atoms with Gasteiger partial charge in [0, 0.05) is 25.8 Å². The van der Waals surface area contributed by atoms with Gasteiger partial charge in [0.1, 0.15) is 6.54 Å². The quantitative estimate of drug-likeness (QED) is 0.618. The molecule has 0 radical (unpaired) electrons. The number of hydrogen-bond donors (Lipinski definition) is 1. The van der Waals surface area contributed by atoms with Crippen LogP contribution in [0.5, 0.6) is 0 Å². The van der Waals surface area contributed by atoms with E-state index in [1.54, 1.807) is 12.1 Å². The average molecular weight is 432 g/mol. The van der Waals surface area contributed by atoms with Crippen LogP contribution >= 0.6 is 0 Å². The van der Waals surface area contributed by atoms with Crippen molar-refractivity contribution in [2.75, 3.05) is 42.1 Å². The van der Waals surface area contributed by atoms with Crippen molar-refractivity contribution in [3.05, 3.63) is 60.2 Å². The van der Waals surface area contributed by atoms with E-state index in [1.807, 2.05) is 49.5 Å². The Morgan fingerprint density at radius 1 is 0.967 bits per heavy atom. The van der Waals surface area contributed by atoms with Crippen LogP contribution in [0.4, 0.5) is 11.4 Å². The van der Waals surface area contributed by atoms with Gasteiger partial charge in [0.25, 0.3) is 0 Å². The van der Waals surface area contributed by atoms with E-state index >= 15 is 0 Å². The predicted molar refractivity (Wildman–Crippen MR) is 125 cm³/mol. The first-order valence-electron chi connectivity index (χ1n) is 10.1. The third-order valence-corrected chi connectivity index (χ3v) is 6.04. The third-order valence-electron chi connectivity index (χ3n) is 4.90. The minimum Gasteiger partial charge on any atom is -0.375 e. The fourth-order valence-corrected chi connectivity index (χ4v) is 3.93. The average Bonchev–Trinajstić information content (AvgIpc) is 2.68. The second kappa shape index (κ2) is 9.98. The molecule has 0 aromatic heterocycles. The summed E-state index contributed by atoms with van der Waals surface area (Å²) in [6, 6.07) is 17.3. The van der Waals surface area contributed by atoms with Crippen molar-refractivity contribution in [3.8, 4) is 0 Å². The Labute approximate surface area is 180 Å². The SMILES string of the molecule is CN(CCCNC(=O)CN(c1ccc(C(C)(C)C)cc1)S(C)(=O)=O)c1ccccc1. The van der Waals surface area contributed by atoms with Crippen LogP contribution < -0.4 is 14.5 Å². The van der Waals surface area contributed by atoms with Gasteiger partial charge in [-0.25, -0.2) is 8.42 Å². The maximum absolute atomic E-state index is 12.4. The van der Waals surface area contributed by atoms with Gasteiger partial charge < -0.3 is 10.2 Å². The van der Waals surface area contributed by atoms with Crippen LogP contribution in [0.1, 0.15) is 32.8 Å². The van der Waals surface area contributed by atoms with Crippen LogP contribution in [0.25, 0.3) is 0 Å². The Morgan fingerprint density at radius 3 is 2.10 bits per heavy atom. The first-order valence-corrected chi connectivity index (χ1v) is 11.9. The molecule has 0 atom stereocenters. The number of anilines is 2. The fraction of sp³-hybridized carbons (Fsp3) is 0.435. The molecule has 164 valence electrons. The molecule has 1 N–H and O–H groups in total.